The number of fused-ring (bicyclic) bond motifs is 6. The second-order valence-electron chi connectivity index (χ2n) is 8.27. The van der Waals surface area contributed by atoms with Gasteiger partial charge in [0.2, 0.25) is 0 Å². The molecule has 4 amide bonds. The van der Waals surface area contributed by atoms with Gasteiger partial charge in [-0.25, -0.2) is 4.79 Å². The second-order valence-corrected chi connectivity index (χ2v) is 8.27. The Morgan fingerprint density at radius 3 is 2.53 bits per heavy atom. The fourth-order valence-corrected chi connectivity index (χ4v) is 5.23. The standard InChI is InChI=1S/C24H19N3O3/c28-21(18-11-13-5-7-14(18)8-6-13)25-15-9-10-17-16-3-1-2-4-19(16)24(20(17)12-15)22(29)26-23(30)27-24/h1-5,7,9-14H,6,8H2,(H,25,28)(H2,26,27,29,30)/t13-,14+,24?/m0/s1. The van der Waals surface area contributed by atoms with Gasteiger partial charge in [0, 0.05) is 22.7 Å². The molecule has 1 fully saturated rings. The molecule has 4 aliphatic carbocycles. The zero-order chi connectivity index (χ0) is 20.5. The number of hydrogen-bond acceptors (Lipinski definition) is 3. The van der Waals surface area contributed by atoms with E-state index in [1.807, 2.05) is 36.4 Å². The molecule has 3 atom stereocenters. The number of anilines is 1. The quantitative estimate of drug-likeness (QED) is 0.537. The second kappa shape index (κ2) is 5.92. The maximum absolute atomic E-state index is 12.9. The number of rotatable bonds is 2. The SMILES string of the molecule is O=C1NC(=O)C2(N1)c1ccccc1-c1ccc(NC(=O)C3=C[C@H]4C=C[C@@H]3CC4)cc12. The molecule has 1 unspecified atom stereocenters. The molecule has 2 bridgehead atoms. The highest BCUT2D eigenvalue weighted by atomic mass is 16.2. The first-order valence-electron chi connectivity index (χ1n) is 10.2. The van der Waals surface area contributed by atoms with Crippen LogP contribution in [0.25, 0.3) is 11.1 Å². The van der Waals surface area contributed by atoms with Crippen molar-refractivity contribution in [1.29, 1.82) is 0 Å². The average Bonchev–Trinajstić information content (AvgIpc) is 3.23. The van der Waals surface area contributed by atoms with Gasteiger partial charge in [-0.3, -0.25) is 14.9 Å². The highest BCUT2D eigenvalue weighted by Gasteiger charge is 2.54. The smallest absolute Gasteiger partial charge is 0.322 e. The van der Waals surface area contributed by atoms with Crippen molar-refractivity contribution in [3.63, 3.8) is 0 Å². The van der Waals surface area contributed by atoms with Crippen LogP contribution in [0.3, 0.4) is 0 Å². The van der Waals surface area contributed by atoms with Crippen LogP contribution in [0, 0.1) is 11.8 Å². The molecule has 0 saturated carbocycles. The predicted octanol–water partition coefficient (Wildman–Crippen LogP) is 3.21. The van der Waals surface area contributed by atoms with Gasteiger partial charge in [0.15, 0.2) is 5.54 Å². The van der Waals surface area contributed by atoms with Crippen molar-refractivity contribution in [3.8, 4) is 11.1 Å². The molecule has 2 aromatic carbocycles. The highest BCUT2D eigenvalue weighted by molar-refractivity contribution is 6.13. The van der Waals surface area contributed by atoms with Crippen molar-refractivity contribution in [1.82, 2.24) is 10.6 Å². The summed E-state index contributed by atoms with van der Waals surface area (Å²) >= 11 is 0. The zero-order valence-electron chi connectivity index (χ0n) is 16.1. The normalized spacial score (nSPS) is 27.4. The predicted molar refractivity (Wildman–Crippen MR) is 111 cm³/mol. The summed E-state index contributed by atoms with van der Waals surface area (Å²) in [4.78, 5) is 37.9. The molecule has 1 saturated heterocycles. The van der Waals surface area contributed by atoms with Crippen LogP contribution >= 0.6 is 0 Å². The lowest BCUT2D eigenvalue weighted by Gasteiger charge is -2.29. The molecule has 0 aromatic heterocycles. The summed E-state index contributed by atoms with van der Waals surface area (Å²) < 4.78 is 0. The number of nitrogens with one attached hydrogen (secondary N) is 3. The Labute approximate surface area is 173 Å². The minimum Gasteiger partial charge on any atom is -0.322 e. The molecule has 1 heterocycles. The molecular weight excluding hydrogens is 378 g/mol. The first kappa shape index (κ1) is 17.2. The van der Waals surface area contributed by atoms with E-state index in [1.165, 1.54) is 0 Å². The lowest BCUT2D eigenvalue weighted by atomic mass is 9.76. The summed E-state index contributed by atoms with van der Waals surface area (Å²) in [6, 6.07) is 12.6. The Bertz CT molecular complexity index is 1210. The van der Waals surface area contributed by atoms with Gasteiger partial charge in [0.1, 0.15) is 0 Å². The monoisotopic (exact) mass is 397 g/mol. The third kappa shape index (κ3) is 2.21. The summed E-state index contributed by atoms with van der Waals surface area (Å²) in [5.41, 5.74) is 3.33. The van der Waals surface area contributed by atoms with Crippen molar-refractivity contribution in [2.24, 2.45) is 11.8 Å². The summed E-state index contributed by atoms with van der Waals surface area (Å²) in [7, 11) is 0. The number of benzene rings is 2. The Morgan fingerprint density at radius 2 is 1.83 bits per heavy atom. The van der Waals surface area contributed by atoms with E-state index >= 15 is 0 Å². The van der Waals surface area contributed by atoms with E-state index in [1.54, 1.807) is 6.07 Å². The maximum atomic E-state index is 12.9. The van der Waals surface area contributed by atoms with Crippen LogP contribution in [0.2, 0.25) is 0 Å². The molecule has 1 spiro atoms. The van der Waals surface area contributed by atoms with Gasteiger partial charge in [0.25, 0.3) is 11.8 Å². The van der Waals surface area contributed by atoms with Crippen molar-refractivity contribution in [2.75, 3.05) is 5.32 Å². The zero-order valence-corrected chi connectivity index (χ0v) is 16.1. The molecule has 2 aromatic rings. The van der Waals surface area contributed by atoms with E-state index in [0.29, 0.717) is 17.2 Å². The van der Waals surface area contributed by atoms with Gasteiger partial charge in [-0.15, -0.1) is 0 Å². The van der Waals surface area contributed by atoms with E-state index in [2.05, 4.69) is 34.2 Å². The van der Waals surface area contributed by atoms with E-state index in [9.17, 15) is 14.4 Å². The first-order chi connectivity index (χ1) is 14.6. The van der Waals surface area contributed by atoms with Crippen LogP contribution in [0.5, 0.6) is 0 Å². The Hall–Kier alpha value is -3.67. The number of allylic oxidation sites excluding steroid dienone is 3. The largest absolute Gasteiger partial charge is 0.322 e. The van der Waals surface area contributed by atoms with Crippen LogP contribution in [0.15, 0.2) is 66.3 Å². The average molecular weight is 397 g/mol. The topological polar surface area (TPSA) is 87.3 Å². The van der Waals surface area contributed by atoms with Crippen LogP contribution in [0.4, 0.5) is 10.5 Å². The summed E-state index contributed by atoms with van der Waals surface area (Å²) in [5.74, 6) is -0.0102. The highest BCUT2D eigenvalue weighted by Crippen LogP contribution is 2.49. The van der Waals surface area contributed by atoms with Gasteiger partial charge < -0.3 is 10.6 Å². The number of hydrogen-bond donors (Lipinski definition) is 3. The summed E-state index contributed by atoms with van der Waals surface area (Å²) in [6.07, 6.45) is 8.43. The Kier molecular flexibility index (Phi) is 3.40. The third-order valence-electron chi connectivity index (χ3n) is 6.63. The number of carbonyl (C=O) groups excluding carboxylic acids is 3. The molecule has 6 heteroatoms. The number of urea groups is 1. The van der Waals surface area contributed by atoms with E-state index in [0.717, 1.165) is 35.1 Å². The summed E-state index contributed by atoms with van der Waals surface area (Å²) in [6.45, 7) is 0. The molecule has 30 heavy (non-hydrogen) atoms. The van der Waals surface area contributed by atoms with Crippen LogP contribution in [0.1, 0.15) is 24.0 Å². The van der Waals surface area contributed by atoms with Crippen LogP contribution < -0.4 is 16.0 Å². The van der Waals surface area contributed by atoms with Crippen LogP contribution in [-0.4, -0.2) is 17.8 Å². The van der Waals surface area contributed by atoms with Crippen molar-refractivity contribution >= 4 is 23.5 Å². The third-order valence-corrected chi connectivity index (χ3v) is 6.63. The fourth-order valence-electron chi connectivity index (χ4n) is 5.23. The van der Waals surface area contributed by atoms with Gasteiger partial charge in [-0.05, 0) is 47.6 Å². The lowest BCUT2D eigenvalue weighted by molar-refractivity contribution is -0.122. The van der Waals surface area contributed by atoms with Gasteiger partial charge in [0.05, 0.1) is 0 Å². The van der Waals surface area contributed by atoms with Crippen molar-refractivity contribution < 1.29 is 14.4 Å². The fraction of sp³-hybridized carbons (Fsp3) is 0.208. The van der Waals surface area contributed by atoms with Crippen molar-refractivity contribution in [2.45, 2.75) is 18.4 Å². The van der Waals surface area contributed by atoms with E-state index in [-0.39, 0.29) is 11.8 Å². The molecule has 6 nitrogen and oxygen atoms in total. The maximum Gasteiger partial charge on any atom is 0.322 e. The lowest BCUT2D eigenvalue weighted by Crippen LogP contribution is -2.43. The molecule has 0 radical (unpaired) electrons. The van der Waals surface area contributed by atoms with E-state index in [4.69, 9.17) is 0 Å². The molecule has 5 aliphatic rings. The molecule has 7 rings (SSSR count). The Morgan fingerprint density at radius 1 is 1.00 bits per heavy atom. The molecular formula is C24H19N3O3. The minimum atomic E-state index is -1.27. The molecule has 148 valence electrons. The number of carbonyl (C=O) groups is 3. The van der Waals surface area contributed by atoms with Gasteiger partial charge >= 0.3 is 6.03 Å². The van der Waals surface area contributed by atoms with Gasteiger partial charge in [-0.2, -0.15) is 0 Å². The van der Waals surface area contributed by atoms with Crippen LogP contribution in [-0.2, 0) is 15.1 Å². The number of amides is 4. The molecule has 3 N–H and O–H groups in total. The van der Waals surface area contributed by atoms with Crippen molar-refractivity contribution in [3.05, 3.63) is 77.4 Å². The Balaban J connectivity index is 1.40. The number of imide groups is 1. The van der Waals surface area contributed by atoms with Gasteiger partial charge in [-0.1, -0.05) is 48.6 Å². The summed E-state index contributed by atoms with van der Waals surface area (Å²) in [5, 5.41) is 8.19. The first-order valence-corrected chi connectivity index (χ1v) is 10.2. The minimum absolute atomic E-state index is 0.113. The van der Waals surface area contributed by atoms with E-state index < -0.39 is 17.5 Å². The molecule has 1 aliphatic heterocycles.